The van der Waals surface area contributed by atoms with Crippen molar-refractivity contribution in [2.45, 2.75) is 19.8 Å². The third kappa shape index (κ3) is 3.41. The maximum atomic E-state index is 8.04. The van der Waals surface area contributed by atoms with Gasteiger partial charge in [-0.25, -0.2) is 0 Å². The SMILES string of the molecule is [2H]c1ccc2cc(-c3c4ccccc4c(-c4cc(C(C)C)c5oc6ccccc6c5c4)c4ccccc34)ccc2c1. The van der Waals surface area contributed by atoms with E-state index in [9.17, 15) is 0 Å². The predicted octanol–water partition coefficient (Wildman–Crippen LogP) is 11.5. The van der Waals surface area contributed by atoms with Gasteiger partial charge in [0.1, 0.15) is 11.2 Å². The van der Waals surface area contributed by atoms with Crippen LogP contribution in [0.4, 0.5) is 0 Å². The molecule has 8 aromatic rings. The van der Waals surface area contributed by atoms with Crippen LogP contribution in [0.25, 0.3) is 76.5 Å². The van der Waals surface area contributed by atoms with E-state index in [-0.39, 0.29) is 0 Å². The fraction of sp³-hybridized carbons (Fsp3) is 0.0769. The molecule has 0 atom stereocenters. The first-order valence-electron chi connectivity index (χ1n) is 14.5. The summed E-state index contributed by atoms with van der Waals surface area (Å²) in [7, 11) is 0. The van der Waals surface area contributed by atoms with E-state index in [0.29, 0.717) is 12.0 Å². The molecule has 1 heteroatoms. The van der Waals surface area contributed by atoms with E-state index in [4.69, 9.17) is 5.79 Å². The Hall–Kier alpha value is -4.88. The maximum Gasteiger partial charge on any atom is 0.138 e. The molecule has 0 spiro atoms. The molecule has 0 saturated carbocycles. The molecule has 190 valence electrons. The lowest BCUT2D eigenvalue weighted by Gasteiger charge is -2.19. The first-order valence-corrected chi connectivity index (χ1v) is 14.0. The smallest absolute Gasteiger partial charge is 0.138 e. The van der Waals surface area contributed by atoms with Gasteiger partial charge in [0.05, 0.1) is 1.37 Å². The molecule has 0 bridgehead atoms. The fourth-order valence-corrected chi connectivity index (χ4v) is 6.46. The summed E-state index contributed by atoms with van der Waals surface area (Å²) >= 11 is 0. The molecule has 1 heterocycles. The van der Waals surface area contributed by atoms with E-state index in [1.807, 2.05) is 18.2 Å². The lowest BCUT2D eigenvalue weighted by molar-refractivity contribution is 0.657. The number of hydrogen-bond acceptors (Lipinski definition) is 1. The Bertz CT molecular complexity index is 2250. The molecule has 0 amide bonds. The summed E-state index contributed by atoms with van der Waals surface area (Å²) in [4.78, 5) is 0. The van der Waals surface area contributed by atoms with Gasteiger partial charge in [0, 0.05) is 10.8 Å². The second-order valence-electron chi connectivity index (χ2n) is 11.0. The molecule has 0 aliphatic carbocycles. The average Bonchev–Trinajstić information content (AvgIpc) is 3.37. The summed E-state index contributed by atoms with van der Waals surface area (Å²) in [6, 6.07) is 43.7. The van der Waals surface area contributed by atoms with Gasteiger partial charge in [-0.15, -0.1) is 0 Å². The molecule has 0 N–H and O–H groups in total. The first-order chi connectivity index (χ1) is 20.1. The van der Waals surface area contributed by atoms with Crippen LogP contribution < -0.4 is 0 Å². The second-order valence-corrected chi connectivity index (χ2v) is 11.0. The number of benzene rings is 7. The Kier molecular flexibility index (Phi) is 4.85. The zero-order valence-corrected chi connectivity index (χ0v) is 22.5. The summed E-state index contributed by atoms with van der Waals surface area (Å²) < 4.78 is 14.5. The number of hydrogen-bond donors (Lipinski definition) is 0. The van der Waals surface area contributed by atoms with E-state index in [0.717, 1.165) is 27.3 Å². The van der Waals surface area contributed by atoms with Crippen LogP contribution in [0.3, 0.4) is 0 Å². The highest BCUT2D eigenvalue weighted by molar-refractivity contribution is 6.22. The van der Waals surface area contributed by atoms with E-state index in [2.05, 4.69) is 117 Å². The van der Waals surface area contributed by atoms with Crippen LogP contribution in [0.1, 0.15) is 26.7 Å². The van der Waals surface area contributed by atoms with Crippen LogP contribution in [0.15, 0.2) is 132 Å². The van der Waals surface area contributed by atoms with Gasteiger partial charge in [-0.05, 0) is 90.3 Å². The maximum absolute atomic E-state index is 8.04. The minimum absolute atomic E-state index is 0.316. The van der Waals surface area contributed by atoms with Crippen LogP contribution in [0.5, 0.6) is 0 Å². The molecular formula is C39H28O. The van der Waals surface area contributed by atoms with E-state index in [1.54, 1.807) is 0 Å². The molecule has 7 aromatic carbocycles. The normalized spacial score (nSPS) is 12.3. The van der Waals surface area contributed by atoms with Gasteiger partial charge >= 0.3 is 0 Å². The third-order valence-corrected chi connectivity index (χ3v) is 8.32. The van der Waals surface area contributed by atoms with Crippen LogP contribution >= 0.6 is 0 Å². The standard InChI is InChI=1S/C39H28O/c1-24(2)34-22-28(23-35-29-13-9-10-18-36(29)40-39(34)35)38-32-16-7-5-14-30(32)37(31-15-6-8-17-33(31)38)27-20-19-25-11-3-4-12-26(25)21-27/h3-24H,1-2H3/i3D. The van der Waals surface area contributed by atoms with Gasteiger partial charge < -0.3 is 4.42 Å². The molecule has 1 nitrogen and oxygen atoms in total. The topological polar surface area (TPSA) is 13.1 Å². The molecule has 1 aromatic heterocycles. The van der Waals surface area contributed by atoms with Crippen molar-refractivity contribution in [1.82, 2.24) is 0 Å². The highest BCUT2D eigenvalue weighted by Gasteiger charge is 2.20. The predicted molar refractivity (Wildman–Crippen MR) is 171 cm³/mol. The molecular weight excluding hydrogens is 484 g/mol. The summed E-state index contributed by atoms with van der Waals surface area (Å²) in [6.45, 7) is 4.49. The highest BCUT2D eigenvalue weighted by Crippen LogP contribution is 2.46. The minimum atomic E-state index is 0.316. The van der Waals surface area contributed by atoms with Crippen molar-refractivity contribution in [2.24, 2.45) is 0 Å². The van der Waals surface area contributed by atoms with Gasteiger partial charge in [0.2, 0.25) is 0 Å². The molecule has 0 aliphatic heterocycles. The zero-order chi connectivity index (χ0) is 27.7. The lowest BCUT2D eigenvalue weighted by atomic mass is 9.84. The van der Waals surface area contributed by atoms with Crippen molar-refractivity contribution in [2.75, 3.05) is 0 Å². The number of para-hydroxylation sites is 1. The van der Waals surface area contributed by atoms with Crippen LogP contribution in [-0.4, -0.2) is 0 Å². The molecule has 0 aliphatic rings. The number of rotatable bonds is 3. The van der Waals surface area contributed by atoms with Gasteiger partial charge in [-0.3, -0.25) is 0 Å². The quantitative estimate of drug-likeness (QED) is 0.214. The number of furan rings is 1. The average molecular weight is 514 g/mol. The van der Waals surface area contributed by atoms with Gasteiger partial charge in [0.25, 0.3) is 0 Å². The van der Waals surface area contributed by atoms with Crippen molar-refractivity contribution >= 4 is 54.3 Å². The van der Waals surface area contributed by atoms with Gasteiger partial charge in [0.15, 0.2) is 0 Å². The summed E-state index contributed by atoms with van der Waals surface area (Å²) in [5.41, 5.74) is 8.06. The van der Waals surface area contributed by atoms with Crippen molar-refractivity contribution in [3.63, 3.8) is 0 Å². The van der Waals surface area contributed by atoms with Gasteiger partial charge in [-0.2, -0.15) is 0 Å². The first kappa shape index (κ1) is 22.0. The Morgan fingerprint density at radius 2 is 1.15 bits per heavy atom. The zero-order valence-electron chi connectivity index (χ0n) is 23.5. The van der Waals surface area contributed by atoms with Crippen molar-refractivity contribution < 1.29 is 5.79 Å². The van der Waals surface area contributed by atoms with Crippen LogP contribution in [0.2, 0.25) is 0 Å². The second kappa shape index (κ2) is 8.83. The van der Waals surface area contributed by atoms with Crippen molar-refractivity contribution in [3.05, 3.63) is 133 Å². The number of fused-ring (bicyclic) bond motifs is 6. The fourth-order valence-electron chi connectivity index (χ4n) is 6.46. The molecule has 8 rings (SSSR count). The Balaban J connectivity index is 1.49. The summed E-state index contributed by atoms with van der Waals surface area (Å²) in [5, 5.41) is 9.52. The van der Waals surface area contributed by atoms with E-state index in [1.165, 1.54) is 54.7 Å². The Labute approximate surface area is 234 Å². The molecule has 0 radical (unpaired) electrons. The lowest BCUT2D eigenvalue weighted by Crippen LogP contribution is -1.93. The monoisotopic (exact) mass is 513 g/mol. The minimum Gasteiger partial charge on any atom is -0.456 e. The molecule has 0 saturated heterocycles. The van der Waals surface area contributed by atoms with Crippen molar-refractivity contribution in [3.8, 4) is 22.3 Å². The van der Waals surface area contributed by atoms with E-state index < -0.39 is 0 Å². The highest BCUT2D eigenvalue weighted by atomic mass is 16.3. The molecule has 0 unspecified atom stereocenters. The summed E-state index contributed by atoms with van der Waals surface area (Å²) in [6.07, 6.45) is 0. The third-order valence-electron chi connectivity index (χ3n) is 8.32. The van der Waals surface area contributed by atoms with Crippen LogP contribution in [0, 0.1) is 0 Å². The van der Waals surface area contributed by atoms with Crippen LogP contribution in [-0.2, 0) is 0 Å². The van der Waals surface area contributed by atoms with E-state index >= 15 is 0 Å². The van der Waals surface area contributed by atoms with Crippen molar-refractivity contribution in [1.29, 1.82) is 0 Å². The largest absolute Gasteiger partial charge is 0.456 e. The van der Waals surface area contributed by atoms with Gasteiger partial charge in [-0.1, -0.05) is 117 Å². The Morgan fingerprint density at radius 3 is 1.82 bits per heavy atom. The molecule has 40 heavy (non-hydrogen) atoms. The molecule has 0 fully saturated rings. The summed E-state index contributed by atoms with van der Waals surface area (Å²) in [5.74, 6) is 0.316. The Morgan fingerprint density at radius 1 is 0.525 bits per heavy atom.